The monoisotopic (exact) mass is 258 g/mol. The highest BCUT2D eigenvalue weighted by Gasteiger charge is 2.21. The Morgan fingerprint density at radius 2 is 2.05 bits per heavy atom. The Balaban J connectivity index is 2.41. The molecule has 0 unspecified atom stereocenters. The lowest BCUT2D eigenvalue weighted by molar-refractivity contribution is -0.124. The van der Waals surface area contributed by atoms with Crippen molar-refractivity contribution in [2.75, 3.05) is 0 Å². The number of aliphatic hydroxyl groups is 1. The first-order chi connectivity index (χ1) is 9.15. The number of aliphatic hydroxyl groups excluding tert-OH is 1. The number of ketones is 1. The molecule has 2 atom stereocenters. The maximum Gasteiger partial charge on any atom is 0.135 e. The van der Waals surface area contributed by atoms with Gasteiger partial charge in [-0.25, -0.2) is 0 Å². The van der Waals surface area contributed by atoms with E-state index in [0.29, 0.717) is 12.8 Å². The molecule has 0 amide bonds. The fraction of sp³-hybridized carbons (Fsp3) is 0.353. The number of carbonyl (C=O) groups is 1. The van der Waals surface area contributed by atoms with Crippen molar-refractivity contribution in [2.45, 2.75) is 32.3 Å². The molecule has 19 heavy (non-hydrogen) atoms. The van der Waals surface area contributed by atoms with Gasteiger partial charge in [-0.05, 0) is 31.7 Å². The molecule has 0 fully saturated rings. The average Bonchev–Trinajstić information content (AvgIpc) is 2.41. The molecule has 2 heteroatoms. The third-order valence-corrected chi connectivity index (χ3v) is 3.15. The van der Waals surface area contributed by atoms with E-state index in [0.717, 1.165) is 12.0 Å². The van der Waals surface area contributed by atoms with Gasteiger partial charge in [0.1, 0.15) is 5.78 Å². The van der Waals surface area contributed by atoms with Crippen LogP contribution in [0.1, 0.15) is 31.7 Å². The summed E-state index contributed by atoms with van der Waals surface area (Å²) in [6, 6.07) is 10.0. The van der Waals surface area contributed by atoms with Crippen LogP contribution in [-0.4, -0.2) is 17.0 Å². The summed E-state index contributed by atoms with van der Waals surface area (Å²) in [5.74, 6) is -0.290. The number of carbonyl (C=O) groups excluding carboxylic acids is 1. The van der Waals surface area contributed by atoms with Crippen LogP contribution in [0.5, 0.6) is 0 Å². The Morgan fingerprint density at radius 1 is 1.37 bits per heavy atom. The third kappa shape index (κ3) is 5.66. The van der Waals surface area contributed by atoms with E-state index in [-0.39, 0.29) is 11.7 Å². The maximum absolute atomic E-state index is 11.4. The van der Waals surface area contributed by atoms with Crippen LogP contribution in [0.15, 0.2) is 49.1 Å². The first-order valence-electron chi connectivity index (χ1n) is 6.66. The van der Waals surface area contributed by atoms with Crippen LogP contribution >= 0.6 is 0 Å². The van der Waals surface area contributed by atoms with Gasteiger partial charge in [0.15, 0.2) is 0 Å². The van der Waals surface area contributed by atoms with Crippen LogP contribution in [-0.2, 0) is 4.79 Å². The van der Waals surface area contributed by atoms with Crippen molar-refractivity contribution in [1.29, 1.82) is 0 Å². The second-order valence-corrected chi connectivity index (χ2v) is 4.70. The van der Waals surface area contributed by atoms with E-state index < -0.39 is 6.10 Å². The van der Waals surface area contributed by atoms with Gasteiger partial charge in [0, 0.05) is 5.92 Å². The summed E-state index contributed by atoms with van der Waals surface area (Å²) in [6.07, 6.45) is 7.06. The van der Waals surface area contributed by atoms with Gasteiger partial charge in [-0.1, -0.05) is 48.6 Å². The Morgan fingerprint density at radius 3 is 2.63 bits per heavy atom. The SMILES string of the molecule is C=CC[C@@H](C(C)=O)[C@@H](O)CC/C=C\c1ccccc1. The zero-order chi connectivity index (χ0) is 14.1. The van der Waals surface area contributed by atoms with Gasteiger partial charge in [-0.2, -0.15) is 0 Å². The number of Topliss-reactive ketones (excluding diaryl/α,β-unsaturated/α-hetero) is 1. The third-order valence-electron chi connectivity index (χ3n) is 3.15. The van der Waals surface area contributed by atoms with Crippen molar-refractivity contribution in [2.24, 2.45) is 5.92 Å². The molecule has 0 spiro atoms. The van der Waals surface area contributed by atoms with E-state index in [9.17, 15) is 9.90 Å². The minimum Gasteiger partial charge on any atom is -0.392 e. The van der Waals surface area contributed by atoms with E-state index in [4.69, 9.17) is 0 Å². The van der Waals surface area contributed by atoms with Crippen LogP contribution < -0.4 is 0 Å². The fourth-order valence-corrected chi connectivity index (χ4v) is 2.03. The highest BCUT2D eigenvalue weighted by atomic mass is 16.3. The molecule has 2 nitrogen and oxygen atoms in total. The highest BCUT2D eigenvalue weighted by Crippen LogP contribution is 2.16. The number of benzene rings is 1. The molecule has 0 bridgehead atoms. The molecule has 1 aromatic carbocycles. The van der Waals surface area contributed by atoms with E-state index in [1.165, 1.54) is 6.92 Å². The average molecular weight is 258 g/mol. The molecule has 1 aromatic rings. The van der Waals surface area contributed by atoms with E-state index in [1.54, 1.807) is 6.08 Å². The summed E-state index contributed by atoms with van der Waals surface area (Å²) in [5, 5.41) is 10.0. The van der Waals surface area contributed by atoms with E-state index in [2.05, 4.69) is 6.58 Å². The van der Waals surface area contributed by atoms with Gasteiger partial charge in [-0.3, -0.25) is 4.79 Å². The molecule has 0 aliphatic rings. The Bertz CT molecular complexity index is 420. The largest absolute Gasteiger partial charge is 0.392 e. The normalized spacial score (nSPS) is 14.2. The minimum atomic E-state index is -0.587. The van der Waals surface area contributed by atoms with Crippen molar-refractivity contribution in [3.05, 3.63) is 54.6 Å². The van der Waals surface area contributed by atoms with Crippen molar-refractivity contribution >= 4 is 11.9 Å². The Kier molecular flexibility index (Phi) is 6.83. The maximum atomic E-state index is 11.4. The van der Waals surface area contributed by atoms with E-state index >= 15 is 0 Å². The molecular weight excluding hydrogens is 236 g/mol. The van der Waals surface area contributed by atoms with Gasteiger partial charge in [0.25, 0.3) is 0 Å². The molecule has 0 saturated carbocycles. The van der Waals surface area contributed by atoms with Crippen LogP contribution in [0.3, 0.4) is 0 Å². The predicted molar refractivity (Wildman–Crippen MR) is 79.7 cm³/mol. The molecule has 0 aliphatic carbocycles. The van der Waals surface area contributed by atoms with Gasteiger partial charge in [0.2, 0.25) is 0 Å². The first kappa shape index (κ1) is 15.4. The number of hydrogen-bond acceptors (Lipinski definition) is 2. The lowest BCUT2D eigenvalue weighted by Crippen LogP contribution is -2.26. The smallest absolute Gasteiger partial charge is 0.135 e. The summed E-state index contributed by atoms with van der Waals surface area (Å²) in [4.78, 5) is 11.4. The van der Waals surface area contributed by atoms with Crippen LogP contribution in [0.4, 0.5) is 0 Å². The predicted octanol–water partition coefficient (Wildman–Crippen LogP) is 3.62. The minimum absolute atomic E-state index is 0.0273. The summed E-state index contributed by atoms with van der Waals surface area (Å²) < 4.78 is 0. The van der Waals surface area contributed by atoms with Crippen LogP contribution in [0, 0.1) is 5.92 Å². The highest BCUT2D eigenvalue weighted by molar-refractivity contribution is 5.79. The summed E-state index contributed by atoms with van der Waals surface area (Å²) >= 11 is 0. The zero-order valence-electron chi connectivity index (χ0n) is 11.5. The fourth-order valence-electron chi connectivity index (χ4n) is 2.03. The first-order valence-corrected chi connectivity index (χ1v) is 6.66. The van der Waals surface area contributed by atoms with Crippen molar-refractivity contribution in [3.8, 4) is 0 Å². The summed E-state index contributed by atoms with van der Waals surface area (Å²) in [6.45, 7) is 5.15. The Labute approximate surface area is 115 Å². The van der Waals surface area contributed by atoms with Gasteiger partial charge in [0.05, 0.1) is 6.10 Å². The second kappa shape index (κ2) is 8.44. The molecule has 0 heterocycles. The standard InChI is InChI=1S/C17H22O2/c1-3-9-16(14(2)18)17(19)13-8-7-12-15-10-5-4-6-11-15/h3-7,10-12,16-17,19H,1,8-9,13H2,2H3/b12-7-/t16-,17-/m0/s1. The number of allylic oxidation sites excluding steroid dienone is 2. The van der Waals surface area contributed by atoms with Crippen LogP contribution in [0.2, 0.25) is 0 Å². The number of rotatable bonds is 8. The Hall–Kier alpha value is -1.67. The lowest BCUT2D eigenvalue weighted by atomic mass is 9.91. The molecule has 0 radical (unpaired) electrons. The molecular formula is C17H22O2. The van der Waals surface area contributed by atoms with Gasteiger partial charge >= 0.3 is 0 Å². The second-order valence-electron chi connectivity index (χ2n) is 4.70. The quantitative estimate of drug-likeness (QED) is 0.723. The molecule has 0 aromatic heterocycles. The molecule has 0 aliphatic heterocycles. The summed E-state index contributed by atoms with van der Waals surface area (Å²) in [7, 11) is 0. The van der Waals surface area contributed by atoms with E-state index in [1.807, 2.05) is 42.5 Å². The zero-order valence-corrected chi connectivity index (χ0v) is 11.5. The lowest BCUT2D eigenvalue weighted by Gasteiger charge is -2.18. The molecule has 0 saturated heterocycles. The number of hydrogen-bond donors (Lipinski definition) is 1. The molecule has 1 N–H and O–H groups in total. The molecule has 102 valence electrons. The molecule has 1 rings (SSSR count). The van der Waals surface area contributed by atoms with Gasteiger partial charge < -0.3 is 5.11 Å². The van der Waals surface area contributed by atoms with Crippen LogP contribution in [0.25, 0.3) is 6.08 Å². The van der Waals surface area contributed by atoms with Crippen molar-refractivity contribution in [3.63, 3.8) is 0 Å². The van der Waals surface area contributed by atoms with Crippen molar-refractivity contribution < 1.29 is 9.90 Å². The topological polar surface area (TPSA) is 37.3 Å². The summed E-state index contributed by atoms with van der Waals surface area (Å²) in [5.41, 5.74) is 1.14. The van der Waals surface area contributed by atoms with Crippen molar-refractivity contribution in [1.82, 2.24) is 0 Å². The van der Waals surface area contributed by atoms with Gasteiger partial charge in [-0.15, -0.1) is 6.58 Å².